The van der Waals surface area contributed by atoms with Crippen LogP contribution < -0.4 is 5.73 Å². The molecule has 5 nitrogen and oxygen atoms in total. The minimum absolute atomic E-state index is 0.540. The highest BCUT2D eigenvalue weighted by atomic mass is 15.1. The average molecular weight is 259 g/mol. The average Bonchev–Trinajstić information content (AvgIpc) is 2.83. The summed E-state index contributed by atoms with van der Waals surface area (Å²) in [7, 11) is 4.20. The Morgan fingerprint density at radius 1 is 1.32 bits per heavy atom. The van der Waals surface area contributed by atoms with E-state index in [2.05, 4.69) is 33.5 Å². The van der Waals surface area contributed by atoms with Gasteiger partial charge in [0.1, 0.15) is 5.82 Å². The van der Waals surface area contributed by atoms with Crippen LogP contribution in [0.5, 0.6) is 0 Å². The molecule has 2 heterocycles. The Kier molecular flexibility index (Phi) is 4.52. The molecule has 0 radical (unpaired) electrons. The van der Waals surface area contributed by atoms with Crippen molar-refractivity contribution in [1.29, 1.82) is 0 Å². The van der Waals surface area contributed by atoms with Crippen LogP contribution >= 0.6 is 0 Å². The molecule has 0 bridgehead atoms. The van der Waals surface area contributed by atoms with Gasteiger partial charge in [-0.3, -0.25) is 0 Å². The molecule has 0 aliphatic heterocycles. The number of imidazole rings is 1. The lowest BCUT2D eigenvalue weighted by molar-refractivity contribution is 0.388. The van der Waals surface area contributed by atoms with Crippen molar-refractivity contribution in [1.82, 2.24) is 19.4 Å². The van der Waals surface area contributed by atoms with Gasteiger partial charge in [-0.1, -0.05) is 0 Å². The molecule has 102 valence electrons. The first-order chi connectivity index (χ1) is 9.16. The van der Waals surface area contributed by atoms with E-state index >= 15 is 0 Å². The molecule has 5 heteroatoms. The second-order valence-electron chi connectivity index (χ2n) is 4.95. The smallest absolute Gasteiger partial charge is 0.123 e. The summed E-state index contributed by atoms with van der Waals surface area (Å²) in [6.45, 7) is 2.09. The molecular weight excluding hydrogens is 238 g/mol. The van der Waals surface area contributed by atoms with Gasteiger partial charge >= 0.3 is 0 Å². The van der Waals surface area contributed by atoms with E-state index in [4.69, 9.17) is 5.73 Å². The Morgan fingerprint density at radius 2 is 2.16 bits per heavy atom. The van der Waals surface area contributed by atoms with Crippen molar-refractivity contribution < 1.29 is 0 Å². The molecule has 19 heavy (non-hydrogen) atoms. The Morgan fingerprint density at radius 3 is 2.89 bits per heavy atom. The van der Waals surface area contributed by atoms with Crippen LogP contribution in [0.25, 0.3) is 11.3 Å². The molecule has 2 aromatic heterocycles. The first-order valence-corrected chi connectivity index (χ1v) is 6.53. The summed E-state index contributed by atoms with van der Waals surface area (Å²) >= 11 is 0. The zero-order valence-corrected chi connectivity index (χ0v) is 11.6. The van der Waals surface area contributed by atoms with Crippen LogP contribution in [0.2, 0.25) is 0 Å². The maximum atomic E-state index is 5.72. The van der Waals surface area contributed by atoms with Crippen LogP contribution in [-0.2, 0) is 6.54 Å². The van der Waals surface area contributed by atoms with Crippen molar-refractivity contribution in [3.63, 3.8) is 0 Å². The second kappa shape index (κ2) is 6.33. The maximum Gasteiger partial charge on any atom is 0.123 e. The van der Waals surface area contributed by atoms with Gasteiger partial charge in [0, 0.05) is 18.3 Å². The lowest BCUT2D eigenvalue weighted by Crippen LogP contribution is -2.13. The summed E-state index contributed by atoms with van der Waals surface area (Å²) in [5, 5.41) is 0. The lowest BCUT2D eigenvalue weighted by atomic mass is 10.2. The number of nitrogen functional groups attached to an aromatic ring is 1. The van der Waals surface area contributed by atoms with Crippen molar-refractivity contribution in [3.8, 4) is 11.3 Å². The number of aromatic nitrogens is 3. The summed E-state index contributed by atoms with van der Waals surface area (Å²) in [5.41, 5.74) is 7.89. The molecule has 0 unspecified atom stereocenters. The largest absolute Gasteiger partial charge is 0.384 e. The molecule has 0 saturated heterocycles. The maximum absolute atomic E-state index is 5.72. The van der Waals surface area contributed by atoms with Gasteiger partial charge in [0.15, 0.2) is 0 Å². The molecular formula is C14H21N5. The van der Waals surface area contributed by atoms with Gasteiger partial charge < -0.3 is 15.2 Å². The fourth-order valence-electron chi connectivity index (χ4n) is 2.06. The third-order valence-electron chi connectivity index (χ3n) is 3.04. The quantitative estimate of drug-likeness (QED) is 0.805. The Balaban J connectivity index is 2.02. The molecule has 2 rings (SSSR count). The topological polar surface area (TPSA) is 60.0 Å². The van der Waals surface area contributed by atoms with Crippen LogP contribution in [-0.4, -0.2) is 40.1 Å². The monoisotopic (exact) mass is 259 g/mol. The molecule has 0 aliphatic carbocycles. The highest BCUT2D eigenvalue weighted by molar-refractivity contribution is 5.61. The van der Waals surface area contributed by atoms with E-state index in [-0.39, 0.29) is 0 Å². The van der Waals surface area contributed by atoms with Crippen LogP contribution in [0.3, 0.4) is 0 Å². The summed E-state index contributed by atoms with van der Waals surface area (Å²) in [4.78, 5) is 10.5. The number of pyridine rings is 1. The fraction of sp³-hybridized carbons (Fsp3) is 0.429. The van der Waals surface area contributed by atoms with Crippen molar-refractivity contribution >= 4 is 5.82 Å². The molecule has 2 aromatic rings. The van der Waals surface area contributed by atoms with Gasteiger partial charge in [-0.15, -0.1) is 0 Å². The van der Waals surface area contributed by atoms with E-state index in [1.165, 1.54) is 6.42 Å². The number of anilines is 1. The van der Waals surface area contributed by atoms with Crippen LogP contribution in [0.15, 0.2) is 30.9 Å². The van der Waals surface area contributed by atoms with Gasteiger partial charge in [-0.2, -0.15) is 0 Å². The molecule has 0 amide bonds. The van der Waals surface area contributed by atoms with Crippen LogP contribution in [0, 0.1) is 0 Å². The molecule has 0 spiro atoms. The summed E-state index contributed by atoms with van der Waals surface area (Å²) in [6.07, 6.45) is 7.81. The standard InChI is InChI=1S/C14H21N5/c1-18(2)7-3-4-8-19-11-16-10-13(19)12-5-6-17-14(15)9-12/h5-6,9-11H,3-4,7-8H2,1-2H3,(H2,15,17). The molecule has 2 N–H and O–H groups in total. The van der Waals surface area contributed by atoms with Crippen molar-refractivity contribution in [2.75, 3.05) is 26.4 Å². The SMILES string of the molecule is CN(C)CCCCn1cncc1-c1ccnc(N)c1. The number of nitrogens with zero attached hydrogens (tertiary/aromatic N) is 4. The molecule has 0 fully saturated rings. The minimum Gasteiger partial charge on any atom is -0.384 e. The first kappa shape index (κ1) is 13.5. The van der Waals surface area contributed by atoms with E-state index in [0.717, 1.165) is 30.8 Å². The van der Waals surface area contributed by atoms with E-state index in [0.29, 0.717) is 5.82 Å². The highest BCUT2D eigenvalue weighted by Crippen LogP contribution is 2.20. The first-order valence-electron chi connectivity index (χ1n) is 6.53. The van der Waals surface area contributed by atoms with Crippen LogP contribution in [0.4, 0.5) is 5.82 Å². The van der Waals surface area contributed by atoms with E-state index in [1.807, 2.05) is 24.7 Å². The Labute approximate surface area is 114 Å². The van der Waals surface area contributed by atoms with Gasteiger partial charge in [0.2, 0.25) is 0 Å². The molecule has 0 saturated carbocycles. The van der Waals surface area contributed by atoms with Crippen molar-refractivity contribution in [3.05, 3.63) is 30.9 Å². The number of hydrogen-bond acceptors (Lipinski definition) is 4. The van der Waals surface area contributed by atoms with E-state index in [9.17, 15) is 0 Å². The van der Waals surface area contributed by atoms with Gasteiger partial charge in [-0.05, 0) is 45.6 Å². The van der Waals surface area contributed by atoms with Gasteiger partial charge in [-0.25, -0.2) is 9.97 Å². The number of aryl methyl sites for hydroxylation is 1. The predicted molar refractivity (Wildman–Crippen MR) is 77.7 cm³/mol. The third kappa shape index (κ3) is 3.79. The van der Waals surface area contributed by atoms with Gasteiger partial charge in [0.05, 0.1) is 18.2 Å². The molecule has 0 aromatic carbocycles. The number of rotatable bonds is 6. The number of nitrogens with two attached hydrogens (primary N) is 1. The third-order valence-corrected chi connectivity index (χ3v) is 3.04. The summed E-state index contributed by atoms with van der Waals surface area (Å²) < 4.78 is 2.17. The van der Waals surface area contributed by atoms with Gasteiger partial charge in [0.25, 0.3) is 0 Å². The summed E-state index contributed by atoms with van der Waals surface area (Å²) in [6, 6.07) is 3.84. The zero-order chi connectivity index (χ0) is 13.7. The second-order valence-corrected chi connectivity index (χ2v) is 4.95. The Hall–Kier alpha value is -1.88. The zero-order valence-electron chi connectivity index (χ0n) is 11.6. The molecule has 0 aliphatic rings. The van der Waals surface area contributed by atoms with E-state index in [1.54, 1.807) is 6.20 Å². The number of unbranched alkanes of at least 4 members (excludes halogenated alkanes) is 1. The molecule has 0 atom stereocenters. The predicted octanol–water partition coefficient (Wildman–Crippen LogP) is 1.87. The Bertz CT molecular complexity index is 518. The normalized spacial score (nSPS) is 11.1. The van der Waals surface area contributed by atoms with Crippen molar-refractivity contribution in [2.45, 2.75) is 19.4 Å². The highest BCUT2D eigenvalue weighted by Gasteiger charge is 2.05. The van der Waals surface area contributed by atoms with E-state index < -0.39 is 0 Å². The minimum atomic E-state index is 0.540. The summed E-state index contributed by atoms with van der Waals surface area (Å²) in [5.74, 6) is 0.540. The van der Waals surface area contributed by atoms with Crippen molar-refractivity contribution in [2.24, 2.45) is 0 Å². The van der Waals surface area contributed by atoms with Crippen LogP contribution in [0.1, 0.15) is 12.8 Å². The number of hydrogen-bond donors (Lipinski definition) is 1. The fourth-order valence-corrected chi connectivity index (χ4v) is 2.06. The lowest BCUT2D eigenvalue weighted by Gasteiger charge is -2.11.